The van der Waals surface area contributed by atoms with Crippen LogP contribution in [0.4, 0.5) is 0 Å². The van der Waals surface area contributed by atoms with Crippen molar-refractivity contribution in [2.75, 3.05) is 26.2 Å². The molecule has 3 aromatic carbocycles. The molecule has 0 radical (unpaired) electrons. The van der Waals surface area contributed by atoms with Crippen molar-refractivity contribution in [2.45, 2.75) is 44.8 Å². The Hall–Kier alpha value is -3.28. The van der Waals surface area contributed by atoms with E-state index in [1.807, 2.05) is 10.6 Å². The molecule has 0 aliphatic carbocycles. The molecule has 0 N–H and O–H groups in total. The lowest BCUT2D eigenvalue weighted by molar-refractivity contribution is 0.203. The summed E-state index contributed by atoms with van der Waals surface area (Å²) in [7, 11) is 0. The van der Waals surface area contributed by atoms with Crippen LogP contribution in [0.1, 0.15) is 41.1 Å². The Balaban J connectivity index is 1.07. The topological polar surface area (TPSA) is 41.4 Å². The molecule has 36 heavy (non-hydrogen) atoms. The molecule has 1 aromatic heterocycles. The second kappa shape index (κ2) is 10.4. The molecule has 0 amide bonds. The second-order valence-corrected chi connectivity index (χ2v) is 10.3. The first-order valence-corrected chi connectivity index (χ1v) is 13.3. The van der Waals surface area contributed by atoms with Crippen LogP contribution in [0.25, 0.3) is 10.8 Å². The van der Waals surface area contributed by atoms with E-state index in [0.29, 0.717) is 19.0 Å². The number of hydrogen-bond acceptors (Lipinski definition) is 4. The van der Waals surface area contributed by atoms with Gasteiger partial charge >= 0.3 is 0 Å². The highest BCUT2D eigenvalue weighted by Crippen LogP contribution is 2.33. The lowest BCUT2D eigenvalue weighted by atomic mass is 9.86. The summed E-state index contributed by atoms with van der Waals surface area (Å²) in [5.74, 6) is 0.607. The molecule has 184 valence electrons. The van der Waals surface area contributed by atoms with E-state index in [1.165, 1.54) is 34.7 Å². The van der Waals surface area contributed by atoms with Gasteiger partial charge in [0.15, 0.2) is 0 Å². The van der Waals surface area contributed by atoms with E-state index < -0.39 is 0 Å². The highest BCUT2D eigenvalue weighted by molar-refractivity contribution is 5.86. The highest BCUT2D eigenvalue weighted by atomic mass is 16.1. The fraction of sp³-hybridized carbons (Fsp3) is 0.355. The maximum atomic E-state index is 13.3. The number of likely N-dealkylation sites (tertiary alicyclic amines) is 1. The molecule has 5 nitrogen and oxygen atoms in total. The van der Waals surface area contributed by atoms with Gasteiger partial charge in [-0.3, -0.25) is 14.3 Å². The maximum Gasteiger partial charge on any atom is 0.258 e. The molecule has 4 aromatic rings. The number of nitrogens with zero attached hydrogens (tertiary/aromatic N) is 4. The van der Waals surface area contributed by atoms with E-state index in [2.05, 4.69) is 81.5 Å². The van der Waals surface area contributed by atoms with Crippen LogP contribution < -0.4 is 5.56 Å². The summed E-state index contributed by atoms with van der Waals surface area (Å²) in [6.07, 6.45) is 4.95. The summed E-state index contributed by atoms with van der Waals surface area (Å²) in [6, 6.07) is 25.9. The van der Waals surface area contributed by atoms with Gasteiger partial charge in [0.05, 0.1) is 17.6 Å². The van der Waals surface area contributed by atoms with Crippen molar-refractivity contribution in [1.29, 1.82) is 0 Å². The van der Waals surface area contributed by atoms with Crippen LogP contribution >= 0.6 is 0 Å². The first-order chi connectivity index (χ1) is 17.7. The van der Waals surface area contributed by atoms with Crippen LogP contribution in [0, 0.1) is 0 Å². The fourth-order valence-electron chi connectivity index (χ4n) is 5.97. The Kier molecular flexibility index (Phi) is 6.67. The van der Waals surface area contributed by atoms with Crippen LogP contribution in [0.15, 0.2) is 83.9 Å². The molecule has 5 heteroatoms. The van der Waals surface area contributed by atoms with Crippen molar-refractivity contribution in [3.63, 3.8) is 0 Å². The Morgan fingerprint density at radius 2 is 1.58 bits per heavy atom. The standard InChI is InChI=1S/C31H34N4O/c36-31-29-22-34(21-24-7-2-1-3-8-24)18-15-30(29)32-23-35(31)20-19-33-16-13-26(14-17-33)28-12-6-10-25-9-4-5-11-27(25)28/h1-12,23,26H,13-22H2. The van der Waals surface area contributed by atoms with Crippen LogP contribution in [0.5, 0.6) is 0 Å². The van der Waals surface area contributed by atoms with Crippen LogP contribution in [-0.4, -0.2) is 45.5 Å². The second-order valence-electron chi connectivity index (χ2n) is 10.3. The first kappa shape index (κ1) is 23.1. The van der Waals surface area contributed by atoms with Crippen molar-refractivity contribution in [1.82, 2.24) is 19.4 Å². The Morgan fingerprint density at radius 3 is 2.44 bits per heavy atom. The van der Waals surface area contributed by atoms with Crippen molar-refractivity contribution >= 4 is 10.8 Å². The summed E-state index contributed by atoms with van der Waals surface area (Å²) < 4.78 is 1.83. The SMILES string of the molecule is O=c1c2c(ncn1CCN1CCC(c3cccc4ccccc34)CC1)CCN(Cc1ccccc1)C2. The quantitative estimate of drug-likeness (QED) is 0.398. The third-order valence-electron chi connectivity index (χ3n) is 8.02. The lowest BCUT2D eigenvalue weighted by Crippen LogP contribution is -2.40. The molecule has 2 aliphatic heterocycles. The number of fused-ring (bicyclic) bond motifs is 2. The summed E-state index contributed by atoms with van der Waals surface area (Å²) in [4.78, 5) is 22.9. The summed E-state index contributed by atoms with van der Waals surface area (Å²) in [6.45, 7) is 6.27. The zero-order valence-corrected chi connectivity index (χ0v) is 20.9. The van der Waals surface area contributed by atoms with Gasteiger partial charge in [-0.05, 0) is 53.7 Å². The summed E-state index contributed by atoms with van der Waals surface area (Å²) in [5.41, 5.74) is 4.79. The predicted octanol–water partition coefficient (Wildman–Crippen LogP) is 4.83. The van der Waals surface area contributed by atoms with Crippen molar-refractivity contribution < 1.29 is 0 Å². The van der Waals surface area contributed by atoms with E-state index in [0.717, 1.165) is 50.4 Å². The molecule has 6 rings (SSSR count). The van der Waals surface area contributed by atoms with Gasteiger partial charge in [0.1, 0.15) is 0 Å². The predicted molar refractivity (Wildman–Crippen MR) is 145 cm³/mol. The van der Waals surface area contributed by atoms with Crippen LogP contribution in [-0.2, 0) is 26.1 Å². The monoisotopic (exact) mass is 478 g/mol. The van der Waals surface area contributed by atoms with Gasteiger partial charge in [-0.25, -0.2) is 4.98 Å². The average Bonchev–Trinajstić information content (AvgIpc) is 2.93. The van der Waals surface area contributed by atoms with Crippen molar-refractivity contribution in [3.05, 3.63) is 112 Å². The molecule has 1 saturated heterocycles. The molecule has 0 saturated carbocycles. The smallest absolute Gasteiger partial charge is 0.258 e. The van der Waals surface area contributed by atoms with E-state index in [-0.39, 0.29) is 5.56 Å². The molecule has 2 aliphatic rings. The number of piperidine rings is 1. The van der Waals surface area contributed by atoms with Crippen molar-refractivity contribution in [3.8, 4) is 0 Å². The van der Waals surface area contributed by atoms with E-state index in [1.54, 1.807) is 6.33 Å². The zero-order chi connectivity index (χ0) is 24.3. The molecule has 0 spiro atoms. The summed E-state index contributed by atoms with van der Waals surface area (Å²) in [5, 5.41) is 2.73. The third-order valence-corrected chi connectivity index (χ3v) is 8.02. The average molecular weight is 479 g/mol. The van der Waals surface area contributed by atoms with Gasteiger partial charge in [0, 0.05) is 39.1 Å². The number of benzene rings is 3. The molecule has 0 atom stereocenters. The van der Waals surface area contributed by atoms with E-state index >= 15 is 0 Å². The fourth-order valence-corrected chi connectivity index (χ4v) is 5.97. The van der Waals surface area contributed by atoms with Gasteiger partial charge in [0.25, 0.3) is 5.56 Å². The first-order valence-electron chi connectivity index (χ1n) is 13.3. The van der Waals surface area contributed by atoms with E-state index in [9.17, 15) is 4.79 Å². The molecule has 1 fully saturated rings. The minimum absolute atomic E-state index is 0.142. The minimum Gasteiger partial charge on any atom is -0.302 e. The number of aromatic nitrogens is 2. The van der Waals surface area contributed by atoms with Crippen LogP contribution in [0.2, 0.25) is 0 Å². The van der Waals surface area contributed by atoms with Gasteiger partial charge in [-0.1, -0.05) is 72.8 Å². The minimum atomic E-state index is 0.142. The Morgan fingerprint density at radius 1 is 0.806 bits per heavy atom. The normalized spacial score (nSPS) is 17.3. The van der Waals surface area contributed by atoms with Gasteiger partial charge in [-0.15, -0.1) is 0 Å². The number of hydrogen-bond donors (Lipinski definition) is 0. The Labute approximate surface area is 213 Å². The van der Waals surface area contributed by atoms with Crippen molar-refractivity contribution in [2.24, 2.45) is 0 Å². The zero-order valence-electron chi connectivity index (χ0n) is 20.9. The molecule has 3 heterocycles. The Bertz CT molecular complexity index is 1380. The maximum absolute atomic E-state index is 13.3. The molecular formula is C31H34N4O. The van der Waals surface area contributed by atoms with Gasteiger partial charge in [-0.2, -0.15) is 0 Å². The third kappa shape index (κ3) is 4.86. The largest absolute Gasteiger partial charge is 0.302 e. The van der Waals surface area contributed by atoms with Gasteiger partial charge < -0.3 is 4.90 Å². The molecule has 0 unspecified atom stereocenters. The molecule has 0 bridgehead atoms. The highest BCUT2D eigenvalue weighted by Gasteiger charge is 2.24. The number of rotatable bonds is 6. The van der Waals surface area contributed by atoms with Gasteiger partial charge in [0.2, 0.25) is 0 Å². The van der Waals surface area contributed by atoms with Crippen LogP contribution in [0.3, 0.4) is 0 Å². The molecular weight excluding hydrogens is 444 g/mol. The van der Waals surface area contributed by atoms with E-state index in [4.69, 9.17) is 0 Å². The lowest BCUT2D eigenvalue weighted by Gasteiger charge is -2.33. The summed E-state index contributed by atoms with van der Waals surface area (Å²) >= 11 is 0.